The van der Waals surface area contributed by atoms with Crippen LogP contribution in [-0.2, 0) is 11.8 Å². The van der Waals surface area contributed by atoms with Crippen molar-refractivity contribution in [1.82, 2.24) is 4.90 Å². The van der Waals surface area contributed by atoms with Crippen LogP contribution in [0.15, 0.2) is 29.8 Å². The van der Waals surface area contributed by atoms with Crippen molar-refractivity contribution < 1.29 is 9.84 Å². The van der Waals surface area contributed by atoms with E-state index in [9.17, 15) is 5.11 Å². The lowest BCUT2D eigenvalue weighted by Gasteiger charge is -2.75. The Balaban J connectivity index is 1.45. The molecule has 8 atom stereocenters. The average molecular weight is 434 g/mol. The van der Waals surface area contributed by atoms with Gasteiger partial charge >= 0.3 is 0 Å². The van der Waals surface area contributed by atoms with E-state index in [2.05, 4.69) is 63.8 Å². The van der Waals surface area contributed by atoms with Gasteiger partial charge in [-0.1, -0.05) is 51.5 Å². The number of nitrogens with zero attached hydrogens (tertiary/aromatic N) is 1. The smallest absolute Gasteiger partial charge is 0.123 e. The molecule has 32 heavy (non-hydrogen) atoms. The van der Waals surface area contributed by atoms with Crippen molar-refractivity contribution in [2.75, 3.05) is 13.1 Å². The first-order chi connectivity index (χ1) is 15.1. The van der Waals surface area contributed by atoms with Crippen LogP contribution in [0.5, 0.6) is 5.75 Å². The molecule has 4 bridgehead atoms. The molecule has 1 aromatic carbocycles. The second-order valence-electron chi connectivity index (χ2n) is 13.4. The molecule has 0 aromatic heterocycles. The maximum Gasteiger partial charge on any atom is 0.123 e. The fourth-order valence-corrected chi connectivity index (χ4v) is 9.54. The highest BCUT2D eigenvalue weighted by Crippen LogP contribution is 2.77. The zero-order valence-electron chi connectivity index (χ0n) is 20.4. The predicted octanol–water partition coefficient (Wildman–Crippen LogP) is 5.11. The van der Waals surface area contributed by atoms with Crippen molar-refractivity contribution in [3.63, 3.8) is 0 Å². The number of piperidine rings is 1. The van der Waals surface area contributed by atoms with Crippen molar-refractivity contribution >= 4 is 0 Å². The van der Waals surface area contributed by atoms with Crippen molar-refractivity contribution in [3.8, 4) is 5.75 Å². The summed E-state index contributed by atoms with van der Waals surface area (Å²) in [5.41, 5.74) is 4.24. The van der Waals surface area contributed by atoms with Crippen LogP contribution in [0, 0.1) is 28.6 Å². The first-order valence-corrected chi connectivity index (χ1v) is 13.0. The van der Waals surface area contributed by atoms with Gasteiger partial charge in [0.05, 0.1) is 5.60 Å². The first-order valence-electron chi connectivity index (χ1n) is 13.0. The van der Waals surface area contributed by atoms with Crippen LogP contribution in [0.1, 0.15) is 71.4 Å². The molecule has 2 aliphatic heterocycles. The summed E-state index contributed by atoms with van der Waals surface area (Å²) in [7, 11) is 0. The summed E-state index contributed by atoms with van der Waals surface area (Å²) < 4.78 is 6.98. The number of hydrogen-bond donors (Lipinski definition) is 1. The molecule has 172 valence electrons. The van der Waals surface area contributed by atoms with Crippen molar-refractivity contribution in [1.29, 1.82) is 0 Å². The summed E-state index contributed by atoms with van der Waals surface area (Å²) in [5.74, 6) is 2.55. The monoisotopic (exact) mass is 433 g/mol. The number of benzene rings is 1. The molecule has 0 amide bonds. The number of hydrogen-bond acceptors (Lipinski definition) is 3. The fraction of sp³-hybridized carbons (Fsp3) is 0.724. The van der Waals surface area contributed by atoms with E-state index in [1.165, 1.54) is 31.6 Å². The summed E-state index contributed by atoms with van der Waals surface area (Å²) in [6.45, 7) is 13.7. The van der Waals surface area contributed by atoms with Crippen LogP contribution in [0.3, 0.4) is 0 Å². The third-order valence-electron chi connectivity index (χ3n) is 11.5. The van der Waals surface area contributed by atoms with Crippen LogP contribution in [0.4, 0.5) is 0 Å². The van der Waals surface area contributed by atoms with Gasteiger partial charge in [-0.05, 0) is 74.5 Å². The number of ether oxygens (including phenoxy) is 1. The normalized spacial score (nSPS) is 45.1. The van der Waals surface area contributed by atoms with Crippen LogP contribution in [0.2, 0.25) is 0 Å². The van der Waals surface area contributed by atoms with Gasteiger partial charge in [-0.15, -0.1) is 0 Å². The molecule has 2 heterocycles. The highest BCUT2D eigenvalue weighted by atomic mass is 16.5. The molecular formula is C29H39NO2. The van der Waals surface area contributed by atoms with Crippen LogP contribution < -0.4 is 4.74 Å². The van der Waals surface area contributed by atoms with E-state index in [1.54, 1.807) is 16.7 Å². The Morgan fingerprint density at radius 1 is 1.22 bits per heavy atom. The summed E-state index contributed by atoms with van der Waals surface area (Å²) in [6, 6.07) is 7.40. The van der Waals surface area contributed by atoms with Gasteiger partial charge in [0.15, 0.2) is 0 Å². The Kier molecular flexibility index (Phi) is 3.66. The summed E-state index contributed by atoms with van der Waals surface area (Å²) in [4.78, 5) is 2.85. The Morgan fingerprint density at radius 2 is 2.00 bits per heavy atom. The third kappa shape index (κ3) is 2.08. The minimum atomic E-state index is -0.705. The molecule has 4 unspecified atom stereocenters. The molecular weight excluding hydrogens is 394 g/mol. The van der Waals surface area contributed by atoms with E-state index in [1.807, 2.05) is 0 Å². The van der Waals surface area contributed by atoms with E-state index in [0.717, 1.165) is 19.4 Å². The van der Waals surface area contributed by atoms with E-state index in [0.29, 0.717) is 17.9 Å². The molecule has 1 aromatic rings. The van der Waals surface area contributed by atoms with E-state index < -0.39 is 5.60 Å². The van der Waals surface area contributed by atoms with E-state index >= 15 is 0 Å². The minimum Gasteiger partial charge on any atom is -0.489 e. The Bertz CT molecular complexity index is 1030. The Morgan fingerprint density at radius 3 is 2.72 bits per heavy atom. The number of rotatable bonds is 3. The standard InChI is InChI=1S/C29H39NO2/c1-17-13-20-21(27(5,31)26(2,3)4)15-29(17)23-14-19-7-6-8-22-24(19)28(29,25(20)32-22)11-12-30(23)16-18-9-10-18/h6-9,17,20-21,23,25,31H,10-16H2,1-5H3/t17-,20?,21?,23-,25+,27?,28+,29?/m1/s1. The molecule has 1 N–H and O–H groups in total. The number of likely N-dealkylation sites (tertiary alicyclic amines) is 1. The zero-order chi connectivity index (χ0) is 22.3. The quantitative estimate of drug-likeness (QED) is 0.673. The maximum absolute atomic E-state index is 12.1. The summed E-state index contributed by atoms with van der Waals surface area (Å²) in [5, 5.41) is 12.1. The second-order valence-corrected chi connectivity index (χ2v) is 13.4. The summed E-state index contributed by atoms with van der Waals surface area (Å²) in [6.07, 6.45) is 8.56. The molecule has 3 heteroatoms. The van der Waals surface area contributed by atoms with Gasteiger partial charge < -0.3 is 9.84 Å². The SMILES string of the molecule is C[C@@H]1CC2C(C(C)(O)C(C)(C)C)CC13[C@H]1Cc4cccc5c4[C@@]3(CCN1CC1=CC1)[C@H]2O5. The van der Waals surface area contributed by atoms with Crippen LogP contribution >= 0.6 is 0 Å². The topological polar surface area (TPSA) is 32.7 Å². The second kappa shape index (κ2) is 5.84. The molecule has 3 nitrogen and oxygen atoms in total. The van der Waals surface area contributed by atoms with Crippen molar-refractivity contribution in [3.05, 3.63) is 41.0 Å². The Hall–Kier alpha value is -1.32. The Labute approximate surface area is 193 Å². The molecule has 0 radical (unpaired) electrons. The van der Waals surface area contributed by atoms with Gasteiger partial charge in [-0.2, -0.15) is 0 Å². The van der Waals surface area contributed by atoms with E-state index in [4.69, 9.17) is 4.74 Å². The molecule has 1 saturated heterocycles. The lowest BCUT2D eigenvalue weighted by atomic mass is 9.32. The first kappa shape index (κ1) is 20.1. The van der Waals surface area contributed by atoms with Gasteiger partial charge in [0.25, 0.3) is 0 Å². The molecule has 3 saturated carbocycles. The maximum atomic E-state index is 12.1. The van der Waals surface area contributed by atoms with Gasteiger partial charge in [0.1, 0.15) is 11.9 Å². The lowest BCUT2D eigenvalue weighted by Crippen LogP contribution is -2.79. The van der Waals surface area contributed by atoms with Crippen LogP contribution in [0.25, 0.3) is 0 Å². The van der Waals surface area contributed by atoms with E-state index in [-0.39, 0.29) is 28.3 Å². The lowest BCUT2D eigenvalue weighted by molar-refractivity contribution is -0.262. The fourth-order valence-electron chi connectivity index (χ4n) is 9.54. The predicted molar refractivity (Wildman–Crippen MR) is 127 cm³/mol. The molecule has 5 aliphatic carbocycles. The van der Waals surface area contributed by atoms with Gasteiger partial charge in [-0.25, -0.2) is 0 Å². The number of fused-ring (bicyclic) bond motifs is 2. The highest BCUT2D eigenvalue weighted by molar-refractivity contribution is 5.58. The van der Waals surface area contributed by atoms with Gasteiger partial charge in [0, 0.05) is 34.9 Å². The highest BCUT2D eigenvalue weighted by Gasteiger charge is 2.79. The van der Waals surface area contributed by atoms with Gasteiger partial charge in [-0.3, -0.25) is 4.90 Å². The third-order valence-corrected chi connectivity index (χ3v) is 11.5. The van der Waals surface area contributed by atoms with Crippen molar-refractivity contribution in [2.45, 2.75) is 89.9 Å². The molecule has 7 aliphatic rings. The molecule has 8 rings (SSSR count). The summed E-state index contributed by atoms with van der Waals surface area (Å²) >= 11 is 0. The van der Waals surface area contributed by atoms with Crippen LogP contribution in [-0.4, -0.2) is 40.8 Å². The molecule has 4 fully saturated rings. The zero-order valence-corrected chi connectivity index (χ0v) is 20.4. The average Bonchev–Trinajstić information content (AvgIpc) is 3.47. The number of aliphatic hydroxyl groups is 1. The minimum absolute atomic E-state index is 0.142. The largest absolute Gasteiger partial charge is 0.489 e. The molecule has 2 spiro atoms. The van der Waals surface area contributed by atoms with Gasteiger partial charge in [0.2, 0.25) is 0 Å². The number of allylic oxidation sites excluding steroid dienone is 1. The van der Waals surface area contributed by atoms with Crippen molar-refractivity contribution in [2.24, 2.45) is 28.6 Å².